The van der Waals surface area contributed by atoms with E-state index in [9.17, 15) is 5.26 Å². The number of nitrogens with zero attached hydrogens (tertiary/aromatic N) is 4. The summed E-state index contributed by atoms with van der Waals surface area (Å²) in [6, 6.07) is 16.0. The highest BCUT2D eigenvalue weighted by Gasteiger charge is 2.21. The van der Waals surface area contributed by atoms with E-state index >= 15 is 0 Å². The van der Waals surface area contributed by atoms with Crippen LogP contribution in [0.2, 0.25) is 5.02 Å². The van der Waals surface area contributed by atoms with Gasteiger partial charge in [0, 0.05) is 29.9 Å². The van der Waals surface area contributed by atoms with Gasteiger partial charge in [0.05, 0.1) is 57.7 Å². The zero-order valence-electron chi connectivity index (χ0n) is 20.3. The molecule has 36 heavy (non-hydrogen) atoms. The molecule has 5 rings (SSSR count). The lowest BCUT2D eigenvalue weighted by Gasteiger charge is -2.30. The number of ether oxygens (including phenoxy) is 1. The first-order valence-electron chi connectivity index (χ1n) is 12.1. The minimum atomic E-state index is 0.493. The van der Waals surface area contributed by atoms with Crippen LogP contribution in [0.4, 0.5) is 22.7 Å². The average Bonchev–Trinajstić information content (AvgIpc) is 2.89. The van der Waals surface area contributed by atoms with Crippen LogP contribution in [0.25, 0.3) is 10.9 Å². The van der Waals surface area contributed by atoms with E-state index < -0.39 is 0 Å². The third kappa shape index (κ3) is 4.36. The van der Waals surface area contributed by atoms with Gasteiger partial charge in [-0.15, -0.1) is 0 Å². The van der Waals surface area contributed by atoms with Gasteiger partial charge in [-0.3, -0.25) is 9.97 Å². The van der Waals surface area contributed by atoms with Crippen molar-refractivity contribution in [2.24, 2.45) is 0 Å². The lowest BCUT2D eigenvalue weighted by atomic mass is 10.0. The van der Waals surface area contributed by atoms with E-state index in [0.29, 0.717) is 51.9 Å². The summed E-state index contributed by atoms with van der Waals surface area (Å²) in [4.78, 5) is 11.5. The molecule has 0 bridgehead atoms. The van der Waals surface area contributed by atoms with Crippen LogP contribution in [-0.2, 0) is 19.4 Å². The molecule has 0 saturated heterocycles. The van der Waals surface area contributed by atoms with E-state index in [4.69, 9.17) is 27.1 Å². The minimum absolute atomic E-state index is 0.493. The number of hydrogen-bond donors (Lipinski definition) is 2. The molecule has 3 heterocycles. The van der Waals surface area contributed by atoms with Crippen LogP contribution < -0.4 is 20.7 Å². The Kier molecular flexibility index (Phi) is 6.53. The van der Waals surface area contributed by atoms with Crippen molar-refractivity contribution in [3.05, 3.63) is 76.2 Å². The molecule has 4 aromatic rings. The molecule has 0 saturated carbocycles. The molecule has 0 spiro atoms. The van der Waals surface area contributed by atoms with Crippen molar-refractivity contribution in [1.82, 2.24) is 9.97 Å². The van der Waals surface area contributed by atoms with Crippen LogP contribution in [0, 0.1) is 11.3 Å². The number of aryl methyl sites for hydroxylation is 1. The number of anilines is 4. The van der Waals surface area contributed by atoms with Gasteiger partial charge in [-0.2, -0.15) is 5.26 Å². The summed E-state index contributed by atoms with van der Waals surface area (Å²) in [5.41, 5.74) is 13.4. The summed E-state index contributed by atoms with van der Waals surface area (Å²) in [6.07, 6.45) is 3.38. The van der Waals surface area contributed by atoms with Crippen molar-refractivity contribution < 1.29 is 4.74 Å². The second kappa shape index (κ2) is 9.92. The maximum atomic E-state index is 10.0. The smallest absolute Gasteiger partial charge is 0.144 e. The first-order valence-corrected chi connectivity index (χ1v) is 12.4. The van der Waals surface area contributed by atoms with Crippen molar-refractivity contribution in [2.45, 2.75) is 33.2 Å². The third-order valence-corrected chi connectivity index (χ3v) is 6.77. The number of nitrogens with two attached hydrogens (primary N) is 1. The fraction of sp³-hybridized carbons (Fsp3) is 0.250. The summed E-state index contributed by atoms with van der Waals surface area (Å²) in [6.45, 7) is 5.99. The number of hydrogen-bond acceptors (Lipinski definition) is 7. The van der Waals surface area contributed by atoms with E-state index in [1.807, 2.05) is 56.4 Å². The second-order valence-electron chi connectivity index (χ2n) is 8.69. The van der Waals surface area contributed by atoms with Crippen molar-refractivity contribution >= 4 is 45.3 Å². The van der Waals surface area contributed by atoms with Crippen LogP contribution in [0.1, 0.15) is 36.4 Å². The molecule has 0 aliphatic carbocycles. The molecule has 182 valence electrons. The normalized spacial score (nSPS) is 12.8. The van der Waals surface area contributed by atoms with E-state index in [1.54, 1.807) is 0 Å². The Morgan fingerprint density at radius 3 is 2.83 bits per heavy atom. The van der Waals surface area contributed by atoms with Gasteiger partial charge in [0.2, 0.25) is 0 Å². The van der Waals surface area contributed by atoms with Gasteiger partial charge in [-0.25, -0.2) is 0 Å². The Labute approximate surface area is 215 Å². The summed E-state index contributed by atoms with van der Waals surface area (Å²) < 4.78 is 5.66. The molecular formula is C28H27ClN6O. The van der Waals surface area contributed by atoms with Crippen LogP contribution in [0.3, 0.4) is 0 Å². The Hall–Kier alpha value is -4.02. The third-order valence-electron chi connectivity index (χ3n) is 6.47. The van der Waals surface area contributed by atoms with Crippen LogP contribution >= 0.6 is 11.6 Å². The SMILES string of the molecule is CCOc1cc2nc(CC)c(C#N)c(Nc3ccc(N4CCc5cccnc5C4)c(Cl)c3)c2cc1N. The van der Waals surface area contributed by atoms with E-state index in [2.05, 4.69) is 27.3 Å². The Balaban J connectivity index is 1.52. The molecule has 0 amide bonds. The standard InChI is InChI=1S/C28H27ClN6O/c1-3-23-20(15-30)28(19-13-22(31)27(36-4-2)14-24(19)34-23)33-18-7-8-26(21(29)12-18)35-11-9-17-6-5-10-32-25(17)16-35/h5-8,10,12-14H,3-4,9,11,16,31H2,1-2H3,(H,33,34). The summed E-state index contributed by atoms with van der Waals surface area (Å²) >= 11 is 6.77. The van der Waals surface area contributed by atoms with Crippen LogP contribution in [0.5, 0.6) is 5.75 Å². The highest BCUT2D eigenvalue weighted by Crippen LogP contribution is 2.38. The first-order chi connectivity index (χ1) is 17.5. The number of fused-ring (bicyclic) bond motifs is 2. The fourth-order valence-corrected chi connectivity index (χ4v) is 4.99. The highest BCUT2D eigenvalue weighted by atomic mass is 35.5. The quantitative estimate of drug-likeness (QED) is 0.314. The minimum Gasteiger partial charge on any atom is -0.492 e. The summed E-state index contributed by atoms with van der Waals surface area (Å²) in [5, 5.41) is 14.8. The first kappa shape index (κ1) is 23.7. The zero-order valence-corrected chi connectivity index (χ0v) is 21.1. The van der Waals surface area contributed by atoms with Gasteiger partial charge < -0.3 is 20.7 Å². The van der Waals surface area contributed by atoms with E-state index in [1.165, 1.54) is 5.56 Å². The number of nitrogens with one attached hydrogen (secondary N) is 1. The lowest BCUT2D eigenvalue weighted by molar-refractivity contribution is 0.342. The second-order valence-corrected chi connectivity index (χ2v) is 9.09. The van der Waals surface area contributed by atoms with Crippen molar-refractivity contribution in [2.75, 3.05) is 29.1 Å². The number of benzene rings is 2. The van der Waals surface area contributed by atoms with Crippen LogP contribution in [-0.4, -0.2) is 23.1 Å². The van der Waals surface area contributed by atoms with Gasteiger partial charge in [-0.1, -0.05) is 24.6 Å². The average molecular weight is 499 g/mol. The van der Waals surface area contributed by atoms with Gasteiger partial charge in [0.1, 0.15) is 11.8 Å². The van der Waals surface area contributed by atoms with Crippen molar-refractivity contribution in [3.63, 3.8) is 0 Å². The van der Waals surface area contributed by atoms with E-state index in [0.717, 1.165) is 42.0 Å². The number of nitriles is 1. The molecular weight excluding hydrogens is 472 g/mol. The largest absolute Gasteiger partial charge is 0.492 e. The number of rotatable bonds is 6. The topological polar surface area (TPSA) is 100 Å². The summed E-state index contributed by atoms with van der Waals surface area (Å²) in [7, 11) is 0. The molecule has 0 fully saturated rings. The van der Waals surface area contributed by atoms with Gasteiger partial charge >= 0.3 is 0 Å². The predicted octanol–water partition coefficient (Wildman–Crippen LogP) is 6.00. The molecule has 0 radical (unpaired) electrons. The maximum absolute atomic E-state index is 10.0. The Bertz CT molecular complexity index is 1500. The molecule has 7 nitrogen and oxygen atoms in total. The molecule has 0 atom stereocenters. The van der Waals surface area contributed by atoms with Crippen molar-refractivity contribution in [3.8, 4) is 11.8 Å². The fourth-order valence-electron chi connectivity index (χ4n) is 4.69. The Morgan fingerprint density at radius 2 is 2.08 bits per heavy atom. The molecule has 1 aliphatic heterocycles. The van der Waals surface area contributed by atoms with Gasteiger partial charge in [-0.05, 0) is 55.7 Å². The summed E-state index contributed by atoms with van der Waals surface area (Å²) in [5.74, 6) is 0.584. The molecule has 0 unspecified atom stereocenters. The van der Waals surface area contributed by atoms with Gasteiger partial charge in [0.15, 0.2) is 0 Å². The molecule has 2 aromatic heterocycles. The zero-order chi connectivity index (χ0) is 25.2. The number of halogens is 1. The highest BCUT2D eigenvalue weighted by molar-refractivity contribution is 6.33. The van der Waals surface area contributed by atoms with Crippen molar-refractivity contribution in [1.29, 1.82) is 5.26 Å². The predicted molar refractivity (Wildman–Crippen MR) is 145 cm³/mol. The number of nitrogen functional groups attached to an aromatic ring is 1. The number of pyridine rings is 2. The maximum Gasteiger partial charge on any atom is 0.144 e. The van der Waals surface area contributed by atoms with E-state index in [-0.39, 0.29) is 0 Å². The number of aromatic nitrogens is 2. The molecule has 3 N–H and O–H groups in total. The molecule has 8 heteroatoms. The monoisotopic (exact) mass is 498 g/mol. The lowest BCUT2D eigenvalue weighted by Crippen LogP contribution is -2.31. The molecule has 2 aromatic carbocycles. The molecule has 1 aliphatic rings. The van der Waals surface area contributed by atoms with Gasteiger partial charge in [0.25, 0.3) is 0 Å². The Morgan fingerprint density at radius 1 is 1.22 bits per heavy atom. The van der Waals surface area contributed by atoms with Crippen LogP contribution in [0.15, 0.2) is 48.7 Å².